The highest BCUT2D eigenvalue weighted by atomic mass is 16.7. The van der Waals surface area contributed by atoms with E-state index in [0.29, 0.717) is 12.5 Å². The maximum atomic E-state index is 11.7. The van der Waals surface area contributed by atoms with Crippen molar-refractivity contribution in [2.45, 2.75) is 71.8 Å². The first-order valence-corrected chi connectivity index (χ1v) is 7.49. The Kier molecular flexibility index (Phi) is 9.36. The van der Waals surface area contributed by atoms with Crippen molar-refractivity contribution in [2.75, 3.05) is 6.61 Å². The average molecular weight is 270 g/mol. The Hall–Kier alpha value is -0.990. The van der Waals surface area contributed by atoms with Gasteiger partial charge in [-0.1, -0.05) is 47.1 Å². The summed E-state index contributed by atoms with van der Waals surface area (Å²) in [4.78, 5) is 11.7. The number of carbonyl (C=O) groups is 1. The van der Waals surface area contributed by atoms with Crippen LogP contribution in [0.2, 0.25) is 0 Å². The van der Waals surface area contributed by atoms with Crippen LogP contribution in [0.3, 0.4) is 0 Å². The maximum Gasteiger partial charge on any atom is 0.509 e. The molecule has 0 heterocycles. The van der Waals surface area contributed by atoms with E-state index in [1.54, 1.807) is 6.08 Å². The van der Waals surface area contributed by atoms with Crippen LogP contribution in [0.5, 0.6) is 0 Å². The zero-order valence-corrected chi connectivity index (χ0v) is 13.0. The summed E-state index contributed by atoms with van der Waals surface area (Å²) in [5, 5.41) is 0. The predicted octanol–water partition coefficient (Wildman–Crippen LogP) is 5.10. The molecule has 0 atom stereocenters. The van der Waals surface area contributed by atoms with Crippen molar-refractivity contribution in [3.05, 3.63) is 12.7 Å². The third-order valence-corrected chi connectivity index (χ3v) is 3.15. The molecule has 19 heavy (non-hydrogen) atoms. The summed E-state index contributed by atoms with van der Waals surface area (Å²) in [5.41, 5.74) is -0.557. The lowest BCUT2D eigenvalue weighted by atomic mass is 9.93. The molecule has 0 aliphatic carbocycles. The molecule has 0 radical (unpaired) electrons. The highest BCUT2D eigenvalue weighted by molar-refractivity contribution is 5.60. The van der Waals surface area contributed by atoms with Crippen molar-refractivity contribution in [3.8, 4) is 0 Å². The monoisotopic (exact) mass is 270 g/mol. The van der Waals surface area contributed by atoms with Gasteiger partial charge in [-0.05, 0) is 37.7 Å². The Balaban J connectivity index is 4.19. The van der Waals surface area contributed by atoms with Crippen LogP contribution in [-0.4, -0.2) is 18.4 Å². The first-order valence-electron chi connectivity index (χ1n) is 7.49. The van der Waals surface area contributed by atoms with Gasteiger partial charge in [0.25, 0.3) is 0 Å². The van der Waals surface area contributed by atoms with Gasteiger partial charge in [-0.3, -0.25) is 0 Å². The Morgan fingerprint density at radius 3 is 2.26 bits per heavy atom. The fraction of sp³-hybridized carbons (Fsp3) is 0.812. The maximum absolute atomic E-state index is 11.7. The molecule has 0 N–H and O–H groups in total. The molecule has 0 aromatic rings. The lowest BCUT2D eigenvalue weighted by Gasteiger charge is -2.29. The smallest absolute Gasteiger partial charge is 0.434 e. The summed E-state index contributed by atoms with van der Waals surface area (Å²) >= 11 is 0. The second-order valence-corrected chi connectivity index (χ2v) is 5.51. The molecule has 0 saturated heterocycles. The lowest BCUT2D eigenvalue weighted by Crippen LogP contribution is -2.33. The van der Waals surface area contributed by atoms with Gasteiger partial charge >= 0.3 is 6.16 Å². The van der Waals surface area contributed by atoms with Crippen LogP contribution >= 0.6 is 0 Å². The van der Waals surface area contributed by atoms with Gasteiger partial charge in [0.15, 0.2) is 0 Å². The molecule has 3 nitrogen and oxygen atoms in total. The van der Waals surface area contributed by atoms with Crippen LogP contribution in [0.15, 0.2) is 12.7 Å². The third kappa shape index (κ3) is 7.91. The quantitative estimate of drug-likeness (QED) is 0.315. The van der Waals surface area contributed by atoms with Crippen LogP contribution in [-0.2, 0) is 9.47 Å². The van der Waals surface area contributed by atoms with Crippen molar-refractivity contribution in [1.29, 1.82) is 0 Å². The Bertz CT molecular complexity index is 253. The molecule has 0 aliphatic rings. The van der Waals surface area contributed by atoms with Gasteiger partial charge in [0, 0.05) is 0 Å². The summed E-state index contributed by atoms with van der Waals surface area (Å²) in [6.07, 6.45) is 6.62. The standard InChI is InChI=1S/C16H30O3/c1-6-11-16(8-3,12-7-2)19-15(17)18-13-9-10-14(4)5/h8,14H,3,6-7,9-13H2,1-2,4-5H3. The van der Waals surface area contributed by atoms with E-state index < -0.39 is 11.8 Å². The molecular formula is C16H30O3. The molecule has 0 spiro atoms. The second kappa shape index (κ2) is 9.88. The van der Waals surface area contributed by atoms with E-state index in [4.69, 9.17) is 9.47 Å². The predicted molar refractivity (Wildman–Crippen MR) is 79.2 cm³/mol. The fourth-order valence-corrected chi connectivity index (χ4v) is 2.16. The molecule has 3 heteroatoms. The molecule has 112 valence electrons. The summed E-state index contributed by atoms with van der Waals surface area (Å²) in [7, 11) is 0. The van der Waals surface area contributed by atoms with Crippen molar-refractivity contribution < 1.29 is 14.3 Å². The number of hydrogen-bond donors (Lipinski definition) is 0. The van der Waals surface area contributed by atoms with Gasteiger partial charge < -0.3 is 9.47 Å². The van der Waals surface area contributed by atoms with Crippen LogP contribution in [0.25, 0.3) is 0 Å². The van der Waals surface area contributed by atoms with Crippen LogP contribution in [0, 0.1) is 5.92 Å². The molecule has 0 fully saturated rings. The molecule has 0 aliphatic heterocycles. The minimum Gasteiger partial charge on any atom is -0.434 e. The van der Waals surface area contributed by atoms with Crippen molar-refractivity contribution in [3.63, 3.8) is 0 Å². The van der Waals surface area contributed by atoms with Gasteiger partial charge in [-0.2, -0.15) is 0 Å². The average Bonchev–Trinajstić information content (AvgIpc) is 2.35. The third-order valence-electron chi connectivity index (χ3n) is 3.15. The molecule has 0 unspecified atom stereocenters. The van der Waals surface area contributed by atoms with Crippen LogP contribution in [0.1, 0.15) is 66.2 Å². The van der Waals surface area contributed by atoms with Crippen molar-refractivity contribution >= 4 is 6.16 Å². The van der Waals surface area contributed by atoms with Crippen molar-refractivity contribution in [2.24, 2.45) is 5.92 Å². The van der Waals surface area contributed by atoms with E-state index in [1.807, 2.05) is 0 Å². The van der Waals surface area contributed by atoms with E-state index in [-0.39, 0.29) is 0 Å². The summed E-state index contributed by atoms with van der Waals surface area (Å²) < 4.78 is 10.6. The lowest BCUT2D eigenvalue weighted by molar-refractivity contribution is -0.0197. The fourth-order valence-electron chi connectivity index (χ4n) is 2.16. The molecular weight excluding hydrogens is 240 g/mol. The topological polar surface area (TPSA) is 35.5 Å². The highest BCUT2D eigenvalue weighted by Gasteiger charge is 2.29. The molecule has 0 rings (SSSR count). The second-order valence-electron chi connectivity index (χ2n) is 5.51. The van der Waals surface area contributed by atoms with Gasteiger partial charge in [-0.25, -0.2) is 4.79 Å². The highest BCUT2D eigenvalue weighted by Crippen LogP contribution is 2.26. The first kappa shape index (κ1) is 18.0. The molecule has 0 aromatic carbocycles. The van der Waals surface area contributed by atoms with Crippen LogP contribution in [0.4, 0.5) is 4.79 Å². The summed E-state index contributed by atoms with van der Waals surface area (Å²) in [5.74, 6) is 0.632. The van der Waals surface area contributed by atoms with Gasteiger partial charge in [0.05, 0.1) is 6.61 Å². The van der Waals surface area contributed by atoms with Gasteiger partial charge in [0.1, 0.15) is 5.60 Å². The largest absolute Gasteiger partial charge is 0.509 e. The minimum absolute atomic E-state index is 0.433. The molecule has 0 amide bonds. The van der Waals surface area contributed by atoms with E-state index in [2.05, 4.69) is 34.3 Å². The first-order chi connectivity index (χ1) is 8.99. The Morgan fingerprint density at radius 2 is 1.84 bits per heavy atom. The molecule has 0 bridgehead atoms. The minimum atomic E-state index is -0.564. The number of rotatable bonds is 10. The summed E-state index contributed by atoms with van der Waals surface area (Å²) in [6.45, 7) is 12.7. The van der Waals surface area contributed by atoms with Crippen LogP contribution < -0.4 is 0 Å². The van der Waals surface area contributed by atoms with Crippen molar-refractivity contribution in [1.82, 2.24) is 0 Å². The summed E-state index contributed by atoms with van der Waals surface area (Å²) in [6, 6.07) is 0. The van der Waals surface area contributed by atoms with E-state index in [9.17, 15) is 4.79 Å². The van der Waals surface area contributed by atoms with Gasteiger partial charge in [0.2, 0.25) is 0 Å². The van der Waals surface area contributed by atoms with E-state index >= 15 is 0 Å². The Labute approximate surface area is 118 Å². The van der Waals surface area contributed by atoms with Gasteiger partial charge in [-0.15, -0.1) is 0 Å². The number of ether oxygens (including phenoxy) is 2. The number of carbonyl (C=O) groups excluding carboxylic acids is 1. The SMILES string of the molecule is C=CC(CCC)(CCC)OC(=O)OCCCC(C)C. The molecule has 0 saturated carbocycles. The molecule has 0 aromatic heterocycles. The zero-order chi connectivity index (χ0) is 14.7. The Morgan fingerprint density at radius 1 is 1.26 bits per heavy atom. The van der Waals surface area contributed by atoms with E-state index in [1.165, 1.54) is 0 Å². The van der Waals surface area contributed by atoms with E-state index in [0.717, 1.165) is 38.5 Å². The number of hydrogen-bond acceptors (Lipinski definition) is 3. The zero-order valence-electron chi connectivity index (χ0n) is 13.0. The normalized spacial score (nSPS) is 11.4.